The summed E-state index contributed by atoms with van der Waals surface area (Å²) in [6.07, 6.45) is 3.60. The molecule has 1 saturated heterocycles. The highest BCUT2D eigenvalue weighted by atomic mass is 15.3. The van der Waals surface area contributed by atoms with Gasteiger partial charge in [-0.3, -0.25) is 5.10 Å². The summed E-state index contributed by atoms with van der Waals surface area (Å²) in [7, 11) is 2.19. The van der Waals surface area contributed by atoms with Crippen LogP contribution in [0.15, 0.2) is 42.9 Å². The molecule has 0 aliphatic carbocycles. The Labute approximate surface area is 182 Å². The fourth-order valence-electron chi connectivity index (χ4n) is 4.48. The summed E-state index contributed by atoms with van der Waals surface area (Å²) in [5.74, 6) is 0.327. The summed E-state index contributed by atoms with van der Waals surface area (Å²) in [5.41, 5.74) is 8.77. The molecule has 1 aliphatic rings. The van der Waals surface area contributed by atoms with Gasteiger partial charge in [0.15, 0.2) is 5.65 Å². The first-order valence-corrected chi connectivity index (χ1v) is 10.9. The van der Waals surface area contributed by atoms with Gasteiger partial charge in [-0.1, -0.05) is 26.0 Å². The lowest BCUT2D eigenvalue weighted by atomic mass is 9.94. The first-order chi connectivity index (χ1) is 15.0. The van der Waals surface area contributed by atoms with Crippen LogP contribution in [0.4, 0.5) is 5.69 Å². The number of fused-ring (bicyclic) bond motifs is 1. The molecule has 0 spiro atoms. The number of H-pyrrole nitrogens is 1. The van der Waals surface area contributed by atoms with Crippen LogP contribution in [-0.4, -0.2) is 62.9 Å². The number of hydrogen-bond donors (Lipinski definition) is 1. The Balaban J connectivity index is 1.51. The molecule has 1 aliphatic heterocycles. The van der Waals surface area contributed by atoms with Crippen LogP contribution in [0.2, 0.25) is 0 Å². The highest BCUT2D eigenvalue weighted by Gasteiger charge is 2.21. The van der Waals surface area contributed by atoms with E-state index in [4.69, 9.17) is 5.10 Å². The Morgan fingerprint density at radius 2 is 1.74 bits per heavy atom. The topological polar surface area (TPSA) is 65.4 Å². The molecule has 0 saturated carbocycles. The molecule has 0 amide bonds. The van der Waals surface area contributed by atoms with Crippen molar-refractivity contribution in [1.82, 2.24) is 29.7 Å². The van der Waals surface area contributed by atoms with E-state index in [0.717, 1.165) is 54.3 Å². The van der Waals surface area contributed by atoms with Crippen molar-refractivity contribution in [2.75, 3.05) is 38.1 Å². The van der Waals surface area contributed by atoms with E-state index in [1.54, 1.807) is 6.33 Å². The maximum absolute atomic E-state index is 4.73. The molecule has 0 bridgehead atoms. The molecule has 4 aromatic rings. The number of pyridine rings is 1. The summed E-state index contributed by atoms with van der Waals surface area (Å²) in [5, 5.41) is 12.4. The average Bonchev–Trinajstić information content (AvgIpc) is 3.42. The molecule has 0 unspecified atom stereocenters. The molecule has 7 heteroatoms. The summed E-state index contributed by atoms with van der Waals surface area (Å²) in [6, 6.07) is 11.0. The van der Waals surface area contributed by atoms with Gasteiger partial charge >= 0.3 is 0 Å². The van der Waals surface area contributed by atoms with Crippen molar-refractivity contribution < 1.29 is 0 Å². The van der Waals surface area contributed by atoms with Crippen molar-refractivity contribution in [3.63, 3.8) is 0 Å². The van der Waals surface area contributed by atoms with Crippen LogP contribution in [-0.2, 0) is 0 Å². The van der Waals surface area contributed by atoms with Gasteiger partial charge in [0, 0.05) is 49.2 Å². The van der Waals surface area contributed by atoms with Crippen molar-refractivity contribution in [3.05, 3.63) is 54.0 Å². The van der Waals surface area contributed by atoms with Gasteiger partial charge in [-0.25, -0.2) is 9.50 Å². The molecule has 1 fully saturated rings. The fraction of sp³-hybridized carbons (Fsp3) is 0.375. The third kappa shape index (κ3) is 3.59. The van der Waals surface area contributed by atoms with Gasteiger partial charge in [0.05, 0.1) is 11.4 Å². The molecular formula is C24H29N7. The maximum Gasteiger partial charge on any atom is 0.158 e. The van der Waals surface area contributed by atoms with Crippen LogP contribution in [0.3, 0.4) is 0 Å². The maximum atomic E-state index is 4.73. The standard InChI is InChI=1S/C24H29N7/c1-16(2)21-22(18-5-7-20(8-6-18)30-11-9-29(4)10-12-30)27-28-23(21)19-13-17(3)24-25-15-26-31(24)14-19/h5-8,13-16H,9-12H2,1-4H3,(H,27,28). The van der Waals surface area contributed by atoms with Gasteiger partial charge in [-0.2, -0.15) is 10.2 Å². The number of nitrogens with one attached hydrogen (secondary N) is 1. The summed E-state index contributed by atoms with van der Waals surface area (Å²) >= 11 is 0. The molecule has 7 nitrogen and oxygen atoms in total. The second kappa shape index (κ2) is 7.81. The summed E-state index contributed by atoms with van der Waals surface area (Å²) in [6.45, 7) is 10.9. The Morgan fingerprint density at radius 1 is 1.00 bits per heavy atom. The molecule has 1 N–H and O–H groups in total. The molecule has 4 heterocycles. The van der Waals surface area contributed by atoms with Crippen LogP contribution >= 0.6 is 0 Å². The SMILES string of the molecule is Cc1cc(-c2n[nH]c(-c3ccc(N4CCN(C)CC4)cc3)c2C(C)C)cn2ncnc12. The number of benzene rings is 1. The Bertz CT molecular complexity index is 1190. The zero-order chi connectivity index (χ0) is 21.5. The Hall–Kier alpha value is -3.19. The van der Waals surface area contributed by atoms with E-state index in [2.05, 4.69) is 83.1 Å². The third-order valence-electron chi connectivity index (χ3n) is 6.24. The monoisotopic (exact) mass is 415 g/mol. The van der Waals surface area contributed by atoms with Gasteiger partial charge in [0.25, 0.3) is 0 Å². The molecule has 3 aromatic heterocycles. The second-order valence-corrected chi connectivity index (χ2v) is 8.79. The number of rotatable bonds is 4. The number of nitrogens with zero attached hydrogens (tertiary/aromatic N) is 6. The van der Waals surface area contributed by atoms with Crippen LogP contribution in [0.1, 0.15) is 30.9 Å². The largest absolute Gasteiger partial charge is 0.369 e. The van der Waals surface area contributed by atoms with E-state index < -0.39 is 0 Å². The normalized spacial score (nSPS) is 15.3. The molecule has 0 atom stereocenters. The van der Waals surface area contributed by atoms with Crippen molar-refractivity contribution in [1.29, 1.82) is 0 Å². The van der Waals surface area contributed by atoms with Gasteiger partial charge in [-0.15, -0.1) is 0 Å². The number of aromatic nitrogens is 5. The smallest absolute Gasteiger partial charge is 0.158 e. The zero-order valence-electron chi connectivity index (χ0n) is 18.6. The third-order valence-corrected chi connectivity index (χ3v) is 6.24. The van der Waals surface area contributed by atoms with Crippen molar-refractivity contribution >= 4 is 11.3 Å². The Kier molecular flexibility index (Phi) is 4.98. The van der Waals surface area contributed by atoms with Crippen molar-refractivity contribution in [3.8, 4) is 22.5 Å². The summed E-state index contributed by atoms with van der Waals surface area (Å²) < 4.78 is 1.83. The number of hydrogen-bond acceptors (Lipinski definition) is 5. The highest BCUT2D eigenvalue weighted by molar-refractivity contribution is 5.76. The Morgan fingerprint density at radius 3 is 2.45 bits per heavy atom. The van der Waals surface area contributed by atoms with Gasteiger partial charge < -0.3 is 9.80 Å². The first kappa shape index (κ1) is 19.8. The number of likely N-dealkylation sites (N-methyl/N-ethyl adjacent to an activating group) is 1. The number of piperazine rings is 1. The predicted molar refractivity (Wildman–Crippen MR) is 125 cm³/mol. The van der Waals surface area contributed by atoms with E-state index in [9.17, 15) is 0 Å². The average molecular weight is 416 g/mol. The molecule has 0 radical (unpaired) electrons. The minimum absolute atomic E-state index is 0.327. The minimum atomic E-state index is 0.327. The van der Waals surface area contributed by atoms with E-state index in [1.165, 1.54) is 16.8 Å². The molecule has 31 heavy (non-hydrogen) atoms. The summed E-state index contributed by atoms with van der Waals surface area (Å²) in [4.78, 5) is 9.17. The highest BCUT2D eigenvalue weighted by Crippen LogP contribution is 2.36. The number of aromatic amines is 1. The van der Waals surface area contributed by atoms with Crippen molar-refractivity contribution in [2.45, 2.75) is 26.7 Å². The van der Waals surface area contributed by atoms with E-state index in [1.807, 2.05) is 10.7 Å². The van der Waals surface area contributed by atoms with Crippen LogP contribution in [0.5, 0.6) is 0 Å². The van der Waals surface area contributed by atoms with Gasteiger partial charge in [-0.05, 0) is 49.2 Å². The number of anilines is 1. The van der Waals surface area contributed by atoms with E-state index >= 15 is 0 Å². The van der Waals surface area contributed by atoms with Gasteiger partial charge in [0.1, 0.15) is 6.33 Å². The quantitative estimate of drug-likeness (QED) is 0.546. The van der Waals surface area contributed by atoms with E-state index in [-0.39, 0.29) is 0 Å². The van der Waals surface area contributed by atoms with Crippen molar-refractivity contribution in [2.24, 2.45) is 0 Å². The lowest BCUT2D eigenvalue weighted by Gasteiger charge is -2.34. The van der Waals surface area contributed by atoms with E-state index in [0.29, 0.717) is 5.92 Å². The van der Waals surface area contributed by atoms with Gasteiger partial charge in [0.2, 0.25) is 0 Å². The van der Waals surface area contributed by atoms with Crippen LogP contribution in [0, 0.1) is 6.92 Å². The molecule has 160 valence electrons. The molecule has 1 aromatic carbocycles. The minimum Gasteiger partial charge on any atom is -0.369 e. The zero-order valence-corrected chi connectivity index (χ0v) is 18.6. The van der Waals surface area contributed by atoms with Crippen LogP contribution in [0.25, 0.3) is 28.2 Å². The lowest BCUT2D eigenvalue weighted by Crippen LogP contribution is -2.44. The first-order valence-electron chi connectivity index (χ1n) is 10.9. The number of aryl methyl sites for hydroxylation is 1. The lowest BCUT2D eigenvalue weighted by molar-refractivity contribution is 0.313. The fourth-order valence-corrected chi connectivity index (χ4v) is 4.48. The molecule has 5 rings (SSSR count). The molecular weight excluding hydrogens is 386 g/mol. The second-order valence-electron chi connectivity index (χ2n) is 8.79. The van der Waals surface area contributed by atoms with Crippen LogP contribution < -0.4 is 4.90 Å². The predicted octanol–water partition coefficient (Wildman–Crippen LogP) is 3.97.